The van der Waals surface area contributed by atoms with Crippen molar-refractivity contribution in [3.05, 3.63) is 118 Å². The standard InChI is InChI=1S/C71H96ClN11O17/c1-43(2)37-54-67(91)99-55(12-9-13-57(84)77-53(39-48-18-23-56(95-8)51(72)38-48)64(88)75-42-71(6,7)68(92)79-54)45(5)62-63(100-62)49-19-14-46(15-20-49)40-81-28-30-82(31-29-81)70(94)98-41-47-16-21-50(22-17-47)76-65(89)52(11-10-27-74-69(73)93)78-66(90)61(44(3)4)80-58(85)26-33-96-35-36-97-34-32-83-59(86)24-25-60(83)87/h9,13-25,38,43-45,52-55,61-63H,10-12,26-37,39-42H2,1-8H3,(H,75,88)(H,76,89)(H,77,84)(H,78,90)(H,79,92)(H,80,85)(H3,73,74,93)/b13-9+/t45-,52-,53+,54-,55-,61-,62+,63+/m0/s1. The summed E-state index contributed by atoms with van der Waals surface area (Å²) in [6.07, 6.45) is 4.27. The number of nitrogens with one attached hydrogen (secondary N) is 7. The van der Waals surface area contributed by atoms with E-state index in [0.717, 1.165) is 16.0 Å². The molecule has 2 saturated heterocycles. The number of carbonyl (C=O) groups excluding carboxylic acids is 11. The predicted molar refractivity (Wildman–Crippen MR) is 368 cm³/mol. The summed E-state index contributed by atoms with van der Waals surface area (Å²) in [7, 11) is 1.49. The van der Waals surface area contributed by atoms with E-state index < -0.39 is 101 Å². The number of epoxide rings is 1. The SMILES string of the molecule is COc1ccc(C[C@H]2NC(=O)/C=C/C[C@@H]([C@H](C)[C@H]3O[C@@H]3c3ccc(CN4CCN(C(=O)OCc5ccc(NC(=O)[C@H](CCCNC(N)=O)NC(=O)[C@@H](NC(=O)CCOCCOCCN6C(=O)C=CC6=O)C(C)C)cc5)CC4)cc3)OC(=O)[C@H](CC(C)C)NC(=O)C(C)(C)CNC2=O)cc1Cl. The molecule has 100 heavy (non-hydrogen) atoms. The Morgan fingerprint density at radius 1 is 0.780 bits per heavy atom. The number of carbonyl (C=O) groups is 11. The second-order valence-corrected chi connectivity index (χ2v) is 27.1. The van der Waals surface area contributed by atoms with Gasteiger partial charge in [0.1, 0.15) is 48.7 Å². The van der Waals surface area contributed by atoms with Gasteiger partial charge in [0.15, 0.2) is 0 Å². The molecule has 0 bridgehead atoms. The number of nitrogens with zero attached hydrogens (tertiary/aromatic N) is 3. The fraction of sp³-hybridized carbons (Fsp3) is 0.535. The minimum absolute atomic E-state index is 0.00710. The number of nitrogens with two attached hydrogens (primary N) is 1. The monoisotopic (exact) mass is 1410 g/mol. The summed E-state index contributed by atoms with van der Waals surface area (Å²) < 4.78 is 34.4. The lowest BCUT2D eigenvalue weighted by atomic mass is 9.90. The number of ether oxygens (including phenoxy) is 6. The summed E-state index contributed by atoms with van der Waals surface area (Å²) in [5.41, 5.74) is 7.78. The number of methoxy groups -OCH3 is 1. The second kappa shape index (κ2) is 38.0. The summed E-state index contributed by atoms with van der Waals surface area (Å²) in [6, 6.07) is 15.0. The van der Waals surface area contributed by atoms with Crippen molar-refractivity contribution in [1.82, 2.24) is 46.6 Å². The topological polar surface area (TPSA) is 366 Å². The maximum atomic E-state index is 14.1. The minimum atomic E-state index is -1.16. The highest BCUT2D eigenvalue weighted by molar-refractivity contribution is 6.32. The predicted octanol–water partition coefficient (Wildman–Crippen LogP) is 4.51. The Hall–Kier alpha value is -8.96. The van der Waals surface area contributed by atoms with Crippen LogP contribution in [0.4, 0.5) is 15.3 Å². The average molecular weight is 1410 g/mol. The van der Waals surface area contributed by atoms with Crippen molar-refractivity contribution in [2.24, 2.45) is 28.9 Å². The zero-order valence-corrected chi connectivity index (χ0v) is 58.9. The van der Waals surface area contributed by atoms with Gasteiger partial charge in [0, 0.05) is 88.8 Å². The van der Waals surface area contributed by atoms with Gasteiger partial charge in [0.25, 0.3) is 11.8 Å². The van der Waals surface area contributed by atoms with Gasteiger partial charge in [-0.2, -0.15) is 0 Å². The van der Waals surface area contributed by atoms with Gasteiger partial charge in [0.2, 0.25) is 35.4 Å². The zero-order chi connectivity index (χ0) is 72.6. The molecule has 4 aliphatic rings. The smallest absolute Gasteiger partial charge is 0.410 e. The van der Waals surface area contributed by atoms with Crippen LogP contribution in [0.15, 0.2) is 91.0 Å². The van der Waals surface area contributed by atoms with Crippen LogP contribution in [0, 0.1) is 23.2 Å². The van der Waals surface area contributed by atoms with Crippen molar-refractivity contribution >= 4 is 82.6 Å². The van der Waals surface area contributed by atoms with Gasteiger partial charge < -0.3 is 76.3 Å². The Labute approximate surface area is 588 Å². The average Bonchev–Trinajstić information content (AvgIpc) is 1.62. The van der Waals surface area contributed by atoms with E-state index >= 15 is 0 Å². The minimum Gasteiger partial charge on any atom is -0.495 e. The van der Waals surface area contributed by atoms with E-state index in [1.807, 2.05) is 45.0 Å². The lowest BCUT2D eigenvalue weighted by Gasteiger charge is -2.34. The Morgan fingerprint density at radius 2 is 1.45 bits per heavy atom. The number of benzene rings is 3. The number of cyclic esters (lactones) is 1. The summed E-state index contributed by atoms with van der Waals surface area (Å²) in [6.45, 7) is 15.9. The van der Waals surface area contributed by atoms with Crippen LogP contribution in [0.2, 0.25) is 5.02 Å². The molecule has 9 N–H and O–H groups in total. The van der Waals surface area contributed by atoms with Crippen LogP contribution in [-0.2, 0) is 86.4 Å². The highest BCUT2D eigenvalue weighted by atomic mass is 35.5. The highest BCUT2D eigenvalue weighted by Gasteiger charge is 2.48. The van der Waals surface area contributed by atoms with Gasteiger partial charge in [-0.15, -0.1) is 0 Å². The number of halogens is 1. The van der Waals surface area contributed by atoms with Crippen LogP contribution >= 0.6 is 11.6 Å². The van der Waals surface area contributed by atoms with E-state index in [2.05, 4.69) is 42.1 Å². The number of rotatable bonds is 31. The fourth-order valence-electron chi connectivity index (χ4n) is 11.4. The van der Waals surface area contributed by atoms with Gasteiger partial charge in [-0.1, -0.05) is 94.8 Å². The summed E-state index contributed by atoms with van der Waals surface area (Å²) in [5.74, 6) is -4.81. The van der Waals surface area contributed by atoms with Crippen LogP contribution in [-0.4, -0.2) is 196 Å². The first-order valence-electron chi connectivity index (χ1n) is 33.9. The summed E-state index contributed by atoms with van der Waals surface area (Å²) in [4.78, 5) is 149. The Morgan fingerprint density at radius 3 is 2.10 bits per heavy atom. The normalized spacial score (nSPS) is 21.1. The van der Waals surface area contributed by atoms with Crippen molar-refractivity contribution in [2.75, 3.05) is 84.7 Å². The molecule has 0 saturated carbocycles. The molecule has 28 nitrogen and oxygen atoms in total. The van der Waals surface area contributed by atoms with E-state index in [1.54, 1.807) is 81.1 Å². The molecule has 544 valence electrons. The van der Waals surface area contributed by atoms with E-state index in [4.69, 9.17) is 45.8 Å². The largest absolute Gasteiger partial charge is 0.495 e. The van der Waals surface area contributed by atoms with Crippen molar-refractivity contribution < 1.29 is 81.2 Å². The van der Waals surface area contributed by atoms with Crippen LogP contribution in [0.3, 0.4) is 0 Å². The van der Waals surface area contributed by atoms with Gasteiger partial charge in [-0.25, -0.2) is 14.4 Å². The van der Waals surface area contributed by atoms with Gasteiger partial charge >= 0.3 is 18.1 Å². The first-order chi connectivity index (χ1) is 47.7. The molecular weight excluding hydrogens is 1310 g/mol. The molecule has 0 aromatic heterocycles. The molecule has 0 radical (unpaired) electrons. The zero-order valence-electron chi connectivity index (χ0n) is 58.1. The fourth-order valence-corrected chi connectivity index (χ4v) is 11.7. The molecule has 0 aliphatic carbocycles. The van der Waals surface area contributed by atoms with Gasteiger partial charge in [-0.05, 0) is 97.5 Å². The second-order valence-electron chi connectivity index (χ2n) is 26.7. The van der Waals surface area contributed by atoms with E-state index in [9.17, 15) is 52.7 Å². The van der Waals surface area contributed by atoms with Crippen molar-refractivity contribution in [1.29, 1.82) is 0 Å². The van der Waals surface area contributed by atoms with Crippen LogP contribution in [0.1, 0.15) is 109 Å². The van der Waals surface area contributed by atoms with Crippen LogP contribution in [0.25, 0.3) is 0 Å². The lowest BCUT2D eigenvalue weighted by Crippen LogP contribution is -2.54. The number of urea groups is 1. The van der Waals surface area contributed by atoms with Crippen molar-refractivity contribution in [3.8, 4) is 5.75 Å². The number of hydrogen-bond acceptors (Lipinski definition) is 18. The molecule has 4 heterocycles. The van der Waals surface area contributed by atoms with E-state index in [1.165, 1.54) is 25.3 Å². The maximum absolute atomic E-state index is 14.1. The third kappa shape index (κ3) is 24.4. The molecule has 0 unspecified atom stereocenters. The van der Waals surface area contributed by atoms with Crippen molar-refractivity contribution in [2.45, 2.75) is 143 Å². The molecule has 7 rings (SSSR count). The van der Waals surface area contributed by atoms with Crippen molar-refractivity contribution in [3.63, 3.8) is 0 Å². The lowest BCUT2D eigenvalue weighted by molar-refractivity contribution is -0.157. The highest BCUT2D eigenvalue weighted by Crippen LogP contribution is 2.45. The molecule has 29 heteroatoms. The number of primary amides is 1. The first kappa shape index (κ1) is 78.4. The number of piperazine rings is 1. The molecule has 11 amide bonds. The number of anilines is 1. The molecule has 8 atom stereocenters. The van der Waals surface area contributed by atoms with Gasteiger partial charge in [-0.3, -0.25) is 48.2 Å². The molecule has 0 spiro atoms. The van der Waals surface area contributed by atoms with Gasteiger partial charge in [0.05, 0.1) is 56.6 Å². The number of imide groups is 1. The number of amides is 11. The Kier molecular flexibility index (Phi) is 29.8. The number of esters is 1. The van der Waals surface area contributed by atoms with E-state index in [-0.39, 0.29) is 115 Å². The maximum Gasteiger partial charge on any atom is 0.410 e. The first-order valence-corrected chi connectivity index (χ1v) is 34.2. The third-order valence-electron chi connectivity index (χ3n) is 17.4. The Bertz CT molecular complexity index is 3400. The number of hydrogen-bond donors (Lipinski definition) is 8. The molecule has 3 aromatic rings. The molecule has 3 aromatic carbocycles. The Balaban J connectivity index is 0.857. The van der Waals surface area contributed by atoms with E-state index in [0.29, 0.717) is 66.7 Å². The molecule has 2 fully saturated rings. The molecule has 4 aliphatic heterocycles. The third-order valence-corrected chi connectivity index (χ3v) is 17.7. The quantitative estimate of drug-likeness (QED) is 0.0190. The summed E-state index contributed by atoms with van der Waals surface area (Å²) in [5, 5.41) is 19.6. The summed E-state index contributed by atoms with van der Waals surface area (Å²) >= 11 is 6.41. The van der Waals surface area contributed by atoms with Crippen LogP contribution in [0.5, 0.6) is 5.75 Å². The molecular formula is C71H96ClN11O17. The van der Waals surface area contributed by atoms with Crippen LogP contribution < -0.4 is 47.7 Å².